The average Bonchev–Trinajstić information content (AvgIpc) is 2.78. The van der Waals surface area contributed by atoms with Crippen LogP contribution in [-0.4, -0.2) is 50.5 Å². The number of anilines is 1. The maximum atomic E-state index is 13.5. The number of hydrogen-bond acceptors (Lipinski definition) is 4. The SMILES string of the molecule is CCNC(=O)[C@@H](CC)N(Cc1ccc(Cl)cc1)C(=O)CN(c1ccc(C(C)C)cc1)S(C)(=O)=O. The third kappa shape index (κ3) is 7.46. The van der Waals surface area contributed by atoms with Crippen LogP contribution in [0.3, 0.4) is 0 Å². The molecular weight excluding hydrogens is 474 g/mol. The smallest absolute Gasteiger partial charge is 0.244 e. The van der Waals surface area contributed by atoms with Crippen molar-refractivity contribution in [1.29, 1.82) is 0 Å². The minimum atomic E-state index is -3.75. The Balaban J connectivity index is 2.41. The highest BCUT2D eigenvalue weighted by atomic mass is 35.5. The number of amides is 2. The number of nitrogens with zero attached hydrogens (tertiary/aromatic N) is 2. The van der Waals surface area contributed by atoms with Gasteiger partial charge in [-0.2, -0.15) is 0 Å². The van der Waals surface area contributed by atoms with Crippen LogP contribution < -0.4 is 9.62 Å². The summed E-state index contributed by atoms with van der Waals surface area (Å²) in [4.78, 5) is 27.7. The van der Waals surface area contributed by atoms with Crippen LogP contribution in [0.25, 0.3) is 0 Å². The van der Waals surface area contributed by atoms with E-state index in [0.717, 1.165) is 21.7 Å². The fourth-order valence-corrected chi connectivity index (χ4v) is 4.61. The van der Waals surface area contributed by atoms with Gasteiger partial charge in [0.05, 0.1) is 11.9 Å². The monoisotopic (exact) mass is 507 g/mol. The highest BCUT2D eigenvalue weighted by molar-refractivity contribution is 7.92. The number of hydrogen-bond donors (Lipinski definition) is 1. The van der Waals surface area contributed by atoms with E-state index in [-0.39, 0.29) is 12.5 Å². The second kappa shape index (κ2) is 12.2. The van der Waals surface area contributed by atoms with Gasteiger partial charge in [-0.15, -0.1) is 0 Å². The van der Waals surface area contributed by atoms with Crippen molar-refractivity contribution in [2.24, 2.45) is 0 Å². The molecule has 9 heteroatoms. The molecule has 0 aliphatic heterocycles. The lowest BCUT2D eigenvalue weighted by Crippen LogP contribution is -2.52. The quantitative estimate of drug-likeness (QED) is 0.494. The zero-order valence-electron chi connectivity index (χ0n) is 20.4. The molecule has 34 heavy (non-hydrogen) atoms. The minimum absolute atomic E-state index is 0.148. The molecule has 0 spiro atoms. The van der Waals surface area contributed by atoms with Gasteiger partial charge in [-0.05, 0) is 54.7 Å². The highest BCUT2D eigenvalue weighted by Gasteiger charge is 2.31. The van der Waals surface area contributed by atoms with E-state index in [9.17, 15) is 18.0 Å². The molecule has 0 fully saturated rings. The Bertz CT molecular complexity index is 1070. The summed E-state index contributed by atoms with van der Waals surface area (Å²) in [6.45, 7) is 7.89. The standard InChI is InChI=1S/C25H34ClN3O4S/c1-6-23(25(31)27-7-2)28(16-19-8-12-21(26)13-9-19)24(30)17-29(34(5,32)33)22-14-10-20(11-15-22)18(3)4/h8-15,18,23H,6-7,16-17H2,1-5H3,(H,27,31)/t23-/m1/s1. The van der Waals surface area contributed by atoms with Gasteiger partial charge in [0, 0.05) is 18.1 Å². The van der Waals surface area contributed by atoms with Gasteiger partial charge in [-0.25, -0.2) is 8.42 Å². The van der Waals surface area contributed by atoms with Crippen molar-refractivity contribution in [2.45, 2.75) is 52.6 Å². The first kappa shape index (κ1) is 27.7. The number of sulfonamides is 1. The van der Waals surface area contributed by atoms with E-state index >= 15 is 0 Å². The second-order valence-electron chi connectivity index (χ2n) is 8.48. The number of rotatable bonds is 11. The third-order valence-electron chi connectivity index (χ3n) is 5.53. The molecule has 186 valence electrons. The van der Waals surface area contributed by atoms with Gasteiger partial charge in [0.25, 0.3) is 0 Å². The Morgan fingerprint density at radius 3 is 2.06 bits per heavy atom. The highest BCUT2D eigenvalue weighted by Crippen LogP contribution is 2.23. The molecule has 2 rings (SSSR count). The van der Waals surface area contributed by atoms with Crippen LogP contribution in [0.1, 0.15) is 51.2 Å². The van der Waals surface area contributed by atoms with Gasteiger partial charge in [-0.3, -0.25) is 13.9 Å². The van der Waals surface area contributed by atoms with Crippen molar-refractivity contribution in [2.75, 3.05) is 23.7 Å². The lowest BCUT2D eigenvalue weighted by molar-refractivity contribution is -0.140. The molecule has 2 aromatic carbocycles. The van der Waals surface area contributed by atoms with Crippen molar-refractivity contribution < 1.29 is 18.0 Å². The van der Waals surface area contributed by atoms with Gasteiger partial charge >= 0.3 is 0 Å². The molecule has 0 aliphatic carbocycles. The summed E-state index contributed by atoms with van der Waals surface area (Å²) in [7, 11) is -3.75. The molecule has 0 aromatic heterocycles. The van der Waals surface area contributed by atoms with Gasteiger partial charge < -0.3 is 10.2 Å². The van der Waals surface area contributed by atoms with E-state index in [1.807, 2.05) is 39.8 Å². The van der Waals surface area contributed by atoms with Crippen molar-refractivity contribution in [3.8, 4) is 0 Å². The Hall–Kier alpha value is -2.58. The van der Waals surface area contributed by atoms with E-state index in [2.05, 4.69) is 5.32 Å². The molecule has 7 nitrogen and oxygen atoms in total. The fourth-order valence-electron chi connectivity index (χ4n) is 3.64. The summed E-state index contributed by atoms with van der Waals surface area (Å²) < 4.78 is 26.4. The zero-order valence-corrected chi connectivity index (χ0v) is 22.0. The second-order valence-corrected chi connectivity index (χ2v) is 10.8. The maximum absolute atomic E-state index is 13.5. The number of halogens is 1. The van der Waals surface area contributed by atoms with E-state index in [0.29, 0.717) is 29.6 Å². The molecule has 0 unspecified atom stereocenters. The number of likely N-dealkylation sites (N-methyl/N-ethyl adjacent to an activating group) is 1. The Labute approximate surface area is 208 Å². The van der Waals surface area contributed by atoms with E-state index in [1.165, 1.54) is 4.90 Å². The first-order valence-electron chi connectivity index (χ1n) is 11.4. The predicted molar refractivity (Wildman–Crippen MR) is 137 cm³/mol. The van der Waals surface area contributed by atoms with Crippen LogP contribution >= 0.6 is 11.6 Å². The Morgan fingerprint density at radius 2 is 1.59 bits per heavy atom. The van der Waals surface area contributed by atoms with E-state index < -0.39 is 28.5 Å². The van der Waals surface area contributed by atoms with E-state index in [4.69, 9.17) is 11.6 Å². The molecule has 0 bridgehead atoms. The van der Waals surface area contributed by atoms with Gasteiger partial charge in [0.2, 0.25) is 21.8 Å². The van der Waals surface area contributed by atoms with Crippen molar-refractivity contribution in [1.82, 2.24) is 10.2 Å². The Kier molecular flexibility index (Phi) is 9.94. The average molecular weight is 508 g/mol. The molecule has 1 N–H and O–H groups in total. The molecule has 2 aromatic rings. The van der Waals surface area contributed by atoms with Crippen LogP contribution in [-0.2, 0) is 26.2 Å². The topological polar surface area (TPSA) is 86.8 Å². The molecule has 2 amide bonds. The minimum Gasteiger partial charge on any atom is -0.355 e. The van der Waals surface area contributed by atoms with E-state index in [1.54, 1.807) is 36.4 Å². The molecular formula is C25H34ClN3O4S. The van der Waals surface area contributed by atoms with Gasteiger partial charge in [0.1, 0.15) is 12.6 Å². The predicted octanol–water partition coefficient (Wildman–Crippen LogP) is 4.17. The maximum Gasteiger partial charge on any atom is 0.244 e. The lowest BCUT2D eigenvalue weighted by Gasteiger charge is -2.32. The first-order chi connectivity index (χ1) is 16.0. The van der Waals surface area contributed by atoms with Crippen molar-refractivity contribution >= 4 is 39.1 Å². The largest absolute Gasteiger partial charge is 0.355 e. The summed E-state index contributed by atoms with van der Waals surface area (Å²) in [5, 5.41) is 3.33. The molecule has 0 saturated carbocycles. The summed E-state index contributed by atoms with van der Waals surface area (Å²) in [5.74, 6) is -0.453. The van der Waals surface area contributed by atoms with Crippen LogP contribution in [0.5, 0.6) is 0 Å². The molecule has 0 heterocycles. The number of nitrogens with one attached hydrogen (secondary N) is 1. The number of carbonyl (C=O) groups excluding carboxylic acids is 2. The van der Waals surface area contributed by atoms with Crippen LogP contribution in [0.4, 0.5) is 5.69 Å². The van der Waals surface area contributed by atoms with Crippen LogP contribution in [0.15, 0.2) is 48.5 Å². The molecule has 0 aliphatic rings. The molecule has 0 radical (unpaired) electrons. The summed E-state index contributed by atoms with van der Waals surface area (Å²) >= 11 is 5.99. The van der Waals surface area contributed by atoms with Crippen molar-refractivity contribution in [3.63, 3.8) is 0 Å². The summed E-state index contributed by atoms with van der Waals surface area (Å²) in [5.41, 5.74) is 2.25. The van der Waals surface area contributed by atoms with Gasteiger partial charge in [-0.1, -0.05) is 56.6 Å². The number of benzene rings is 2. The normalized spacial score (nSPS) is 12.3. The summed E-state index contributed by atoms with van der Waals surface area (Å²) in [6.07, 6.45) is 1.45. The van der Waals surface area contributed by atoms with Crippen molar-refractivity contribution in [3.05, 3.63) is 64.7 Å². The molecule has 1 atom stereocenters. The molecule has 0 saturated heterocycles. The van der Waals surface area contributed by atoms with Crippen LogP contribution in [0, 0.1) is 0 Å². The third-order valence-corrected chi connectivity index (χ3v) is 6.92. The first-order valence-corrected chi connectivity index (χ1v) is 13.6. The number of carbonyl (C=O) groups is 2. The fraction of sp³-hybridized carbons (Fsp3) is 0.440. The van der Waals surface area contributed by atoms with Gasteiger partial charge in [0.15, 0.2) is 0 Å². The lowest BCUT2D eigenvalue weighted by atomic mass is 10.0. The summed E-state index contributed by atoms with van der Waals surface area (Å²) in [6, 6.07) is 13.4. The Morgan fingerprint density at radius 1 is 1.00 bits per heavy atom. The zero-order chi connectivity index (χ0) is 25.5. The van der Waals surface area contributed by atoms with Crippen LogP contribution in [0.2, 0.25) is 5.02 Å².